The summed E-state index contributed by atoms with van der Waals surface area (Å²) < 4.78 is 20.5. The van der Waals surface area contributed by atoms with Crippen molar-refractivity contribution < 1.29 is 13.9 Å². The molecule has 2 heterocycles. The molecular weight excluding hydrogens is 461 g/mol. The van der Waals surface area contributed by atoms with Crippen LogP contribution in [-0.2, 0) is 6.42 Å². The van der Waals surface area contributed by atoms with E-state index in [0.717, 1.165) is 60.3 Å². The van der Waals surface area contributed by atoms with Gasteiger partial charge in [-0.3, -0.25) is 4.79 Å². The number of aromatic nitrogens is 1. The lowest BCUT2D eigenvalue weighted by Crippen LogP contribution is -2.29. The van der Waals surface area contributed by atoms with Crippen LogP contribution in [0.1, 0.15) is 40.2 Å². The van der Waals surface area contributed by atoms with Crippen molar-refractivity contribution in [2.75, 3.05) is 29.9 Å². The molecule has 1 aliphatic rings. The Balaban J connectivity index is 1.35. The highest BCUT2D eigenvalue weighted by molar-refractivity contribution is 7.09. The molecule has 1 aliphatic heterocycles. The van der Waals surface area contributed by atoms with Crippen molar-refractivity contribution in [1.82, 2.24) is 4.98 Å². The molecule has 4 aromatic rings. The normalized spacial score (nSPS) is 13.7. The van der Waals surface area contributed by atoms with E-state index in [4.69, 9.17) is 4.74 Å². The maximum atomic E-state index is 14.4. The number of benzene rings is 3. The summed E-state index contributed by atoms with van der Waals surface area (Å²) in [6.45, 7) is 4.33. The van der Waals surface area contributed by atoms with Crippen LogP contribution in [0, 0.1) is 12.7 Å². The van der Waals surface area contributed by atoms with Crippen molar-refractivity contribution >= 4 is 39.4 Å². The second-order valence-corrected chi connectivity index (χ2v) is 9.76. The number of nitrogens with zero attached hydrogens (tertiary/aromatic N) is 2. The average Bonchev–Trinajstić information content (AvgIpc) is 3.29. The molecule has 0 spiro atoms. The Bertz CT molecular complexity index is 1350. The Morgan fingerprint density at radius 3 is 2.66 bits per heavy atom. The summed E-state index contributed by atoms with van der Waals surface area (Å²) >= 11 is 1.64. The third-order valence-electron chi connectivity index (χ3n) is 6.43. The van der Waals surface area contributed by atoms with Gasteiger partial charge >= 0.3 is 0 Å². The van der Waals surface area contributed by atoms with Crippen molar-refractivity contribution in [3.05, 3.63) is 82.1 Å². The molecule has 1 saturated heterocycles. The first-order chi connectivity index (χ1) is 17.1. The van der Waals surface area contributed by atoms with E-state index >= 15 is 0 Å². The van der Waals surface area contributed by atoms with Gasteiger partial charge in [-0.05, 0) is 56.5 Å². The molecule has 35 heavy (non-hydrogen) atoms. The number of nitrogens with one attached hydrogen (secondary N) is 1. The SMILES string of the molecule is Cc1ncsc1CCOc1ccc(NC(=O)c2cc(F)cc(N3CCCCC3)c2)c2ccccc12. The Morgan fingerprint density at radius 1 is 1.09 bits per heavy atom. The molecule has 5 rings (SSSR count). The van der Waals surface area contributed by atoms with Crippen molar-refractivity contribution in [2.24, 2.45) is 0 Å². The van der Waals surface area contributed by atoms with E-state index in [-0.39, 0.29) is 5.91 Å². The number of carbonyl (C=O) groups excluding carboxylic acids is 1. The van der Waals surface area contributed by atoms with Gasteiger partial charge in [-0.1, -0.05) is 24.3 Å². The molecule has 180 valence electrons. The summed E-state index contributed by atoms with van der Waals surface area (Å²) in [5.41, 5.74) is 4.64. The minimum atomic E-state index is -0.400. The number of thiazole rings is 1. The van der Waals surface area contributed by atoms with E-state index in [2.05, 4.69) is 15.2 Å². The summed E-state index contributed by atoms with van der Waals surface area (Å²) in [5, 5.41) is 4.78. The number of halogens is 1. The zero-order valence-electron chi connectivity index (χ0n) is 19.7. The molecule has 1 aromatic heterocycles. The molecule has 7 heteroatoms. The lowest BCUT2D eigenvalue weighted by atomic mass is 10.1. The smallest absolute Gasteiger partial charge is 0.255 e. The quantitative estimate of drug-likeness (QED) is 0.317. The maximum absolute atomic E-state index is 14.4. The van der Waals surface area contributed by atoms with E-state index in [0.29, 0.717) is 17.9 Å². The van der Waals surface area contributed by atoms with Crippen LogP contribution in [0.2, 0.25) is 0 Å². The van der Waals surface area contributed by atoms with E-state index < -0.39 is 5.82 Å². The van der Waals surface area contributed by atoms with Crippen LogP contribution in [0.25, 0.3) is 10.8 Å². The Hall–Kier alpha value is -3.45. The van der Waals surface area contributed by atoms with Crippen LogP contribution in [0.15, 0.2) is 60.1 Å². The van der Waals surface area contributed by atoms with Crippen LogP contribution in [0.5, 0.6) is 5.75 Å². The zero-order chi connectivity index (χ0) is 24.2. The van der Waals surface area contributed by atoms with Crippen LogP contribution < -0.4 is 15.0 Å². The number of piperidine rings is 1. The monoisotopic (exact) mass is 489 g/mol. The van der Waals surface area contributed by atoms with Gasteiger partial charge in [0.2, 0.25) is 0 Å². The highest BCUT2D eigenvalue weighted by Gasteiger charge is 2.17. The number of fused-ring (bicyclic) bond motifs is 1. The van der Waals surface area contributed by atoms with Crippen LogP contribution in [0.3, 0.4) is 0 Å². The maximum Gasteiger partial charge on any atom is 0.255 e. The Kier molecular flexibility index (Phi) is 6.95. The molecule has 1 fully saturated rings. The number of hydrogen-bond donors (Lipinski definition) is 1. The molecule has 0 radical (unpaired) electrons. The molecule has 0 saturated carbocycles. The molecule has 3 aromatic carbocycles. The number of aryl methyl sites for hydroxylation is 1. The molecule has 0 atom stereocenters. The van der Waals surface area contributed by atoms with Gasteiger partial charge in [-0.2, -0.15) is 0 Å². The Labute approximate surface area is 208 Å². The topological polar surface area (TPSA) is 54.5 Å². The standard InChI is InChI=1S/C28H28FN3O2S/c1-19-27(35-18-30-19)11-14-34-26-10-9-25(23-7-3-4-8-24(23)26)31-28(33)20-15-21(29)17-22(16-20)32-12-5-2-6-13-32/h3-4,7-10,15-18H,2,5-6,11-14H2,1H3,(H,31,33). The predicted octanol–water partition coefficient (Wildman–Crippen LogP) is 6.61. The first kappa shape index (κ1) is 23.3. The molecule has 1 N–H and O–H groups in total. The van der Waals surface area contributed by atoms with Gasteiger partial charge in [-0.25, -0.2) is 9.37 Å². The molecule has 1 amide bonds. The number of rotatable bonds is 7. The number of hydrogen-bond acceptors (Lipinski definition) is 5. The number of ether oxygens (including phenoxy) is 1. The van der Waals surface area contributed by atoms with Crippen molar-refractivity contribution in [3.63, 3.8) is 0 Å². The first-order valence-electron chi connectivity index (χ1n) is 12.0. The highest BCUT2D eigenvalue weighted by Crippen LogP contribution is 2.32. The van der Waals surface area contributed by atoms with Gasteiger partial charge < -0.3 is 15.0 Å². The third kappa shape index (κ3) is 5.30. The second kappa shape index (κ2) is 10.4. The van der Waals surface area contributed by atoms with E-state index in [1.165, 1.54) is 23.4 Å². The highest BCUT2D eigenvalue weighted by atomic mass is 32.1. The lowest BCUT2D eigenvalue weighted by molar-refractivity contribution is 0.102. The number of carbonyl (C=O) groups is 1. The fourth-order valence-electron chi connectivity index (χ4n) is 4.56. The minimum absolute atomic E-state index is 0.315. The van der Waals surface area contributed by atoms with Gasteiger partial charge in [0.25, 0.3) is 5.91 Å². The van der Waals surface area contributed by atoms with E-state index in [1.807, 2.05) is 48.8 Å². The van der Waals surface area contributed by atoms with Crippen molar-refractivity contribution in [1.29, 1.82) is 0 Å². The first-order valence-corrected chi connectivity index (χ1v) is 12.9. The fraction of sp³-hybridized carbons (Fsp3) is 0.286. The third-order valence-corrected chi connectivity index (χ3v) is 7.42. The summed E-state index contributed by atoms with van der Waals surface area (Å²) in [6.07, 6.45) is 4.16. The van der Waals surface area contributed by atoms with E-state index in [1.54, 1.807) is 17.4 Å². The predicted molar refractivity (Wildman–Crippen MR) is 140 cm³/mol. The zero-order valence-corrected chi connectivity index (χ0v) is 20.5. The molecule has 0 bridgehead atoms. The van der Waals surface area contributed by atoms with Crippen LogP contribution in [-0.4, -0.2) is 30.6 Å². The lowest BCUT2D eigenvalue weighted by Gasteiger charge is -2.29. The summed E-state index contributed by atoms with van der Waals surface area (Å²) in [4.78, 5) is 20.8. The van der Waals surface area contributed by atoms with Gasteiger partial charge in [-0.15, -0.1) is 11.3 Å². The van der Waals surface area contributed by atoms with Crippen molar-refractivity contribution in [2.45, 2.75) is 32.6 Å². The second-order valence-electron chi connectivity index (χ2n) is 8.82. The summed E-state index contributed by atoms with van der Waals surface area (Å²) in [5.74, 6) is 0.0316. The molecule has 5 nitrogen and oxygen atoms in total. The largest absolute Gasteiger partial charge is 0.493 e. The van der Waals surface area contributed by atoms with Crippen molar-refractivity contribution in [3.8, 4) is 5.75 Å². The van der Waals surface area contributed by atoms with Gasteiger partial charge in [0, 0.05) is 52.1 Å². The van der Waals surface area contributed by atoms with E-state index in [9.17, 15) is 9.18 Å². The number of anilines is 2. The minimum Gasteiger partial charge on any atom is -0.493 e. The van der Waals surface area contributed by atoms with Crippen LogP contribution in [0.4, 0.5) is 15.8 Å². The molecular formula is C28H28FN3O2S. The Morgan fingerprint density at radius 2 is 1.89 bits per heavy atom. The van der Waals surface area contributed by atoms with Gasteiger partial charge in [0.05, 0.1) is 17.8 Å². The van der Waals surface area contributed by atoms with Gasteiger partial charge in [0.1, 0.15) is 11.6 Å². The number of amides is 1. The molecule has 0 aliphatic carbocycles. The van der Waals surface area contributed by atoms with Gasteiger partial charge in [0.15, 0.2) is 0 Å². The van der Waals surface area contributed by atoms with Crippen LogP contribution >= 0.6 is 11.3 Å². The summed E-state index contributed by atoms with van der Waals surface area (Å²) in [7, 11) is 0. The fourth-order valence-corrected chi connectivity index (χ4v) is 5.32. The summed E-state index contributed by atoms with van der Waals surface area (Å²) in [6, 6.07) is 16.1. The average molecular weight is 490 g/mol. The molecule has 0 unspecified atom stereocenters.